The summed E-state index contributed by atoms with van der Waals surface area (Å²) in [6, 6.07) is 12.4. The third kappa shape index (κ3) is 6.07. The molecule has 4 nitrogen and oxygen atoms in total. The number of rotatable bonds is 6. The van der Waals surface area contributed by atoms with Crippen molar-refractivity contribution >= 4 is 40.8 Å². The average molecular weight is 380 g/mol. The minimum Gasteiger partial charge on any atom is -0.455 e. The van der Waals surface area contributed by atoms with Crippen molar-refractivity contribution in [3.8, 4) is 0 Å². The van der Waals surface area contributed by atoms with Gasteiger partial charge in [-0.15, -0.1) is 0 Å². The molecule has 0 saturated carbocycles. The average Bonchev–Trinajstić information content (AvgIpc) is 2.56. The Kier molecular flexibility index (Phi) is 6.85. The van der Waals surface area contributed by atoms with Crippen LogP contribution in [0.2, 0.25) is 10.0 Å². The summed E-state index contributed by atoms with van der Waals surface area (Å²) >= 11 is 11.8. The molecule has 0 saturated heterocycles. The fourth-order valence-corrected chi connectivity index (χ4v) is 2.64. The molecule has 0 radical (unpaired) electrons. The first-order valence-electron chi connectivity index (χ1n) is 7.84. The van der Waals surface area contributed by atoms with Crippen LogP contribution < -0.4 is 5.32 Å². The monoisotopic (exact) mass is 379 g/mol. The minimum absolute atomic E-state index is 0.0215. The van der Waals surface area contributed by atoms with Gasteiger partial charge in [0.25, 0.3) is 5.91 Å². The number of nitrogens with one attached hydrogen (secondary N) is 1. The third-order valence-corrected chi connectivity index (χ3v) is 4.16. The highest BCUT2D eigenvalue weighted by Gasteiger charge is 2.11. The lowest BCUT2D eigenvalue weighted by Gasteiger charge is -2.09. The van der Waals surface area contributed by atoms with Crippen LogP contribution in [0.4, 0.5) is 5.69 Å². The standard InChI is InChI=1S/C19H19Cl2NO3/c1-12(2)13-4-7-16(8-5-13)22-18(23)11-25-19(24)9-14-3-6-15(20)10-17(14)21/h3-8,10,12H,9,11H2,1-2H3,(H,22,23). The summed E-state index contributed by atoms with van der Waals surface area (Å²) < 4.78 is 4.98. The van der Waals surface area contributed by atoms with Gasteiger partial charge in [-0.25, -0.2) is 0 Å². The fourth-order valence-electron chi connectivity index (χ4n) is 2.17. The first-order chi connectivity index (χ1) is 11.8. The summed E-state index contributed by atoms with van der Waals surface area (Å²) in [7, 11) is 0. The molecule has 0 aliphatic carbocycles. The van der Waals surface area contributed by atoms with Crippen LogP contribution in [0.25, 0.3) is 0 Å². The Morgan fingerprint density at radius 1 is 1.08 bits per heavy atom. The summed E-state index contributed by atoms with van der Waals surface area (Å²) in [5, 5.41) is 3.57. The van der Waals surface area contributed by atoms with Crippen LogP contribution in [0, 0.1) is 0 Å². The van der Waals surface area contributed by atoms with Gasteiger partial charge in [0, 0.05) is 15.7 Å². The van der Waals surface area contributed by atoms with Crippen LogP contribution >= 0.6 is 23.2 Å². The molecule has 25 heavy (non-hydrogen) atoms. The summed E-state index contributed by atoms with van der Waals surface area (Å²) in [5.74, 6) is -0.507. The van der Waals surface area contributed by atoms with Crippen LogP contribution in [0.5, 0.6) is 0 Å². The quantitative estimate of drug-likeness (QED) is 0.730. The number of hydrogen-bond donors (Lipinski definition) is 1. The van der Waals surface area contributed by atoms with Crippen LogP contribution in [-0.4, -0.2) is 18.5 Å². The third-order valence-electron chi connectivity index (χ3n) is 3.58. The number of ether oxygens (including phenoxy) is 1. The molecule has 0 aliphatic rings. The number of hydrogen-bond acceptors (Lipinski definition) is 3. The Morgan fingerprint density at radius 2 is 1.76 bits per heavy atom. The SMILES string of the molecule is CC(C)c1ccc(NC(=O)COC(=O)Cc2ccc(Cl)cc2Cl)cc1. The van der Waals surface area contributed by atoms with Crippen LogP contribution in [0.15, 0.2) is 42.5 Å². The summed E-state index contributed by atoms with van der Waals surface area (Å²) in [5.41, 5.74) is 2.44. The smallest absolute Gasteiger partial charge is 0.310 e. The zero-order valence-electron chi connectivity index (χ0n) is 14.0. The van der Waals surface area contributed by atoms with E-state index in [1.807, 2.05) is 24.3 Å². The van der Waals surface area contributed by atoms with E-state index < -0.39 is 11.9 Å². The molecule has 0 unspecified atom stereocenters. The second-order valence-electron chi connectivity index (χ2n) is 5.90. The Hall–Kier alpha value is -2.04. The molecule has 1 N–H and O–H groups in total. The second-order valence-corrected chi connectivity index (χ2v) is 6.74. The second kappa shape index (κ2) is 8.88. The minimum atomic E-state index is -0.533. The van der Waals surface area contributed by atoms with E-state index in [9.17, 15) is 9.59 Å². The highest BCUT2D eigenvalue weighted by molar-refractivity contribution is 6.35. The molecule has 1 amide bonds. The maximum atomic E-state index is 11.9. The zero-order valence-corrected chi connectivity index (χ0v) is 15.5. The number of halogens is 2. The zero-order chi connectivity index (χ0) is 18.4. The van der Waals surface area contributed by atoms with E-state index in [0.29, 0.717) is 27.2 Å². The number of benzene rings is 2. The van der Waals surface area contributed by atoms with E-state index in [0.717, 1.165) is 0 Å². The largest absolute Gasteiger partial charge is 0.455 e. The number of carbonyl (C=O) groups excluding carboxylic acids is 2. The molecule has 0 aromatic heterocycles. The van der Waals surface area contributed by atoms with Crippen molar-refractivity contribution in [3.05, 3.63) is 63.6 Å². The predicted octanol–water partition coefficient (Wildman–Crippen LogP) is 4.84. The van der Waals surface area contributed by atoms with Crippen molar-refractivity contribution in [1.29, 1.82) is 0 Å². The lowest BCUT2D eigenvalue weighted by molar-refractivity contribution is -0.146. The van der Waals surface area contributed by atoms with E-state index in [1.54, 1.807) is 18.2 Å². The molecule has 132 valence electrons. The molecular formula is C19H19Cl2NO3. The van der Waals surface area contributed by atoms with Crippen molar-refractivity contribution in [2.24, 2.45) is 0 Å². The lowest BCUT2D eigenvalue weighted by atomic mass is 10.0. The topological polar surface area (TPSA) is 55.4 Å². The van der Waals surface area contributed by atoms with Gasteiger partial charge in [0.2, 0.25) is 0 Å². The molecule has 0 fully saturated rings. The molecule has 0 atom stereocenters. The first-order valence-corrected chi connectivity index (χ1v) is 8.60. The molecule has 2 aromatic rings. The number of carbonyl (C=O) groups is 2. The van der Waals surface area contributed by atoms with Gasteiger partial charge in [0.05, 0.1) is 6.42 Å². The van der Waals surface area contributed by atoms with E-state index in [2.05, 4.69) is 19.2 Å². The molecule has 0 bridgehead atoms. The fraction of sp³-hybridized carbons (Fsp3) is 0.263. The van der Waals surface area contributed by atoms with Gasteiger partial charge >= 0.3 is 5.97 Å². The normalized spacial score (nSPS) is 10.6. The first kappa shape index (κ1) is 19.3. The van der Waals surface area contributed by atoms with E-state index in [4.69, 9.17) is 27.9 Å². The van der Waals surface area contributed by atoms with E-state index in [1.165, 1.54) is 5.56 Å². The van der Waals surface area contributed by atoms with Crippen molar-refractivity contribution in [1.82, 2.24) is 0 Å². The summed E-state index contributed by atoms with van der Waals surface area (Å²) in [6.07, 6.45) is -0.0215. The van der Waals surface area contributed by atoms with Crippen LogP contribution in [0.3, 0.4) is 0 Å². The molecular weight excluding hydrogens is 361 g/mol. The molecule has 2 rings (SSSR count). The van der Waals surface area contributed by atoms with Gasteiger partial charge in [-0.05, 0) is 41.3 Å². The maximum absolute atomic E-state index is 11.9. The van der Waals surface area contributed by atoms with Gasteiger partial charge in [-0.1, -0.05) is 55.2 Å². The van der Waals surface area contributed by atoms with Gasteiger partial charge in [0.1, 0.15) is 0 Å². The number of anilines is 1. The summed E-state index contributed by atoms with van der Waals surface area (Å²) in [6.45, 7) is 3.84. The van der Waals surface area contributed by atoms with Crippen molar-refractivity contribution in [2.75, 3.05) is 11.9 Å². The summed E-state index contributed by atoms with van der Waals surface area (Å²) in [4.78, 5) is 23.7. The van der Waals surface area contributed by atoms with Crippen LogP contribution in [-0.2, 0) is 20.7 Å². The van der Waals surface area contributed by atoms with E-state index >= 15 is 0 Å². The van der Waals surface area contributed by atoms with Crippen molar-refractivity contribution in [3.63, 3.8) is 0 Å². The Balaban J connectivity index is 1.81. The predicted molar refractivity (Wildman–Crippen MR) is 100 cm³/mol. The van der Waals surface area contributed by atoms with Crippen LogP contribution in [0.1, 0.15) is 30.9 Å². The van der Waals surface area contributed by atoms with E-state index in [-0.39, 0.29) is 13.0 Å². The van der Waals surface area contributed by atoms with Gasteiger partial charge in [0.15, 0.2) is 6.61 Å². The van der Waals surface area contributed by atoms with Crippen molar-refractivity contribution in [2.45, 2.75) is 26.2 Å². The number of esters is 1. The molecule has 2 aromatic carbocycles. The Morgan fingerprint density at radius 3 is 2.36 bits per heavy atom. The molecule has 6 heteroatoms. The highest BCUT2D eigenvalue weighted by Crippen LogP contribution is 2.21. The molecule has 0 heterocycles. The number of amides is 1. The van der Waals surface area contributed by atoms with Gasteiger partial charge < -0.3 is 10.1 Å². The molecule has 0 spiro atoms. The lowest BCUT2D eigenvalue weighted by Crippen LogP contribution is -2.21. The molecule has 0 aliphatic heterocycles. The Bertz CT molecular complexity index is 758. The van der Waals surface area contributed by atoms with Gasteiger partial charge in [-0.2, -0.15) is 0 Å². The Labute approximate surface area is 157 Å². The van der Waals surface area contributed by atoms with Gasteiger partial charge in [-0.3, -0.25) is 9.59 Å². The highest BCUT2D eigenvalue weighted by atomic mass is 35.5. The van der Waals surface area contributed by atoms with Crippen molar-refractivity contribution < 1.29 is 14.3 Å². The maximum Gasteiger partial charge on any atom is 0.310 e.